The van der Waals surface area contributed by atoms with Crippen molar-refractivity contribution in [3.63, 3.8) is 0 Å². The van der Waals surface area contributed by atoms with Gasteiger partial charge in [-0.3, -0.25) is 14.6 Å². The third kappa shape index (κ3) is 3.38. The van der Waals surface area contributed by atoms with Crippen LogP contribution in [0.1, 0.15) is 49.5 Å². The molecule has 9 nitrogen and oxygen atoms in total. The second kappa shape index (κ2) is 8.02. The van der Waals surface area contributed by atoms with Crippen LogP contribution in [0.15, 0.2) is 4.99 Å². The lowest BCUT2D eigenvalue weighted by Gasteiger charge is -2.35. The van der Waals surface area contributed by atoms with E-state index in [0.29, 0.717) is 12.4 Å². The SMILES string of the molecule is Cc1c(C)[n+](CC2CCCO2)c2n1C1C(=O)N(CCN3CCCCC3)C(=O)N(C)C1=N2. The number of ether oxygens (including phenoxy) is 1. The monoisotopic (exact) mass is 429 g/mol. The third-order valence-corrected chi connectivity index (χ3v) is 7.32. The molecule has 5 rings (SSSR count). The number of piperidine rings is 1. The lowest BCUT2D eigenvalue weighted by Crippen LogP contribution is -2.59. The van der Waals surface area contributed by atoms with Crippen molar-refractivity contribution in [2.24, 2.45) is 4.99 Å². The predicted molar refractivity (Wildman–Crippen MR) is 114 cm³/mol. The first-order valence-electron chi connectivity index (χ1n) is 11.6. The molecule has 3 saturated heterocycles. The Morgan fingerprint density at radius 3 is 2.58 bits per heavy atom. The van der Waals surface area contributed by atoms with Crippen molar-refractivity contribution in [1.82, 2.24) is 19.3 Å². The van der Waals surface area contributed by atoms with Gasteiger partial charge in [-0.1, -0.05) is 11.4 Å². The summed E-state index contributed by atoms with van der Waals surface area (Å²) in [6, 6.07) is -0.841. The highest BCUT2D eigenvalue weighted by Crippen LogP contribution is 2.35. The highest BCUT2D eigenvalue weighted by atomic mass is 16.5. The summed E-state index contributed by atoms with van der Waals surface area (Å²) in [5, 5.41) is 0. The van der Waals surface area contributed by atoms with Crippen LogP contribution in [0.2, 0.25) is 0 Å². The highest BCUT2D eigenvalue weighted by Gasteiger charge is 2.54. The molecule has 31 heavy (non-hydrogen) atoms. The number of carbonyl (C=O) groups excluding carboxylic acids is 2. The Bertz CT molecular complexity index is 926. The van der Waals surface area contributed by atoms with E-state index in [1.165, 1.54) is 24.2 Å². The fourth-order valence-corrected chi connectivity index (χ4v) is 5.34. The van der Waals surface area contributed by atoms with Gasteiger partial charge in [0.05, 0.1) is 12.6 Å². The number of rotatable bonds is 5. The molecule has 1 aromatic rings. The van der Waals surface area contributed by atoms with Crippen LogP contribution < -0.4 is 4.57 Å². The number of hydrogen-bond donors (Lipinski definition) is 0. The van der Waals surface area contributed by atoms with E-state index in [1.54, 1.807) is 11.9 Å². The lowest BCUT2D eigenvalue weighted by molar-refractivity contribution is -0.695. The topological polar surface area (TPSA) is 74.3 Å². The van der Waals surface area contributed by atoms with E-state index >= 15 is 0 Å². The number of carbonyl (C=O) groups is 2. The molecule has 0 saturated carbocycles. The first-order valence-corrected chi connectivity index (χ1v) is 11.6. The highest BCUT2D eigenvalue weighted by molar-refractivity contribution is 6.20. The van der Waals surface area contributed by atoms with E-state index in [-0.39, 0.29) is 18.0 Å². The number of urea groups is 1. The minimum absolute atomic E-state index is 0.167. The summed E-state index contributed by atoms with van der Waals surface area (Å²) >= 11 is 0. The second-order valence-electron chi connectivity index (χ2n) is 9.19. The number of aliphatic imine (C=N–C) groups is 1. The maximum atomic E-state index is 13.5. The molecule has 4 aliphatic rings. The molecule has 3 fully saturated rings. The summed E-state index contributed by atoms with van der Waals surface area (Å²) in [6.07, 6.45) is 5.95. The standard InChI is InChI=1S/C22H33N6O3/c1-15-16(2)28-18-19(23-21(28)27(15)14-17-8-7-13-31-17)24(3)22(30)26(20(18)29)12-11-25-9-5-4-6-10-25/h17-18H,4-14H2,1-3H3/q+1. The summed E-state index contributed by atoms with van der Waals surface area (Å²) in [6.45, 7) is 8.89. The molecule has 2 atom stereocenters. The average Bonchev–Trinajstić information content (AvgIpc) is 3.48. The van der Waals surface area contributed by atoms with Crippen molar-refractivity contribution in [2.45, 2.75) is 64.6 Å². The summed E-state index contributed by atoms with van der Waals surface area (Å²) in [5.41, 5.74) is 2.12. The molecule has 5 heterocycles. The number of likely N-dealkylation sites (N-methyl/N-ethyl adjacent to an activating group) is 1. The Kier molecular flexibility index (Phi) is 5.34. The summed E-state index contributed by atoms with van der Waals surface area (Å²) in [7, 11) is 1.73. The van der Waals surface area contributed by atoms with Gasteiger partial charge in [-0.05, 0) is 52.6 Å². The van der Waals surface area contributed by atoms with Gasteiger partial charge in [0.25, 0.3) is 5.91 Å². The number of amides is 3. The summed E-state index contributed by atoms with van der Waals surface area (Å²) in [5.74, 6) is 1.11. The molecule has 0 radical (unpaired) electrons. The molecule has 4 aliphatic heterocycles. The molecule has 0 spiro atoms. The van der Waals surface area contributed by atoms with Crippen molar-refractivity contribution >= 4 is 23.7 Å². The molecular formula is C22H33N6O3+. The minimum atomic E-state index is -0.566. The zero-order chi connectivity index (χ0) is 21.7. The molecule has 0 bridgehead atoms. The first-order chi connectivity index (χ1) is 15.0. The van der Waals surface area contributed by atoms with E-state index < -0.39 is 6.04 Å². The molecule has 2 unspecified atom stereocenters. The summed E-state index contributed by atoms with van der Waals surface area (Å²) in [4.78, 5) is 36.7. The van der Waals surface area contributed by atoms with Gasteiger partial charge in [-0.15, -0.1) is 0 Å². The van der Waals surface area contributed by atoms with Gasteiger partial charge in [0.2, 0.25) is 11.9 Å². The molecular weight excluding hydrogens is 396 g/mol. The van der Waals surface area contributed by atoms with Gasteiger partial charge >= 0.3 is 12.0 Å². The maximum Gasteiger partial charge on any atom is 0.402 e. The van der Waals surface area contributed by atoms with Crippen LogP contribution >= 0.6 is 0 Å². The van der Waals surface area contributed by atoms with Crippen LogP contribution in [-0.2, 0) is 16.1 Å². The second-order valence-corrected chi connectivity index (χ2v) is 9.19. The molecule has 168 valence electrons. The van der Waals surface area contributed by atoms with Crippen LogP contribution in [0.4, 0.5) is 10.7 Å². The van der Waals surface area contributed by atoms with Gasteiger partial charge in [0.15, 0.2) is 0 Å². The number of aromatic nitrogens is 2. The number of nitrogens with zero attached hydrogens (tertiary/aromatic N) is 6. The fourth-order valence-electron chi connectivity index (χ4n) is 5.34. The van der Waals surface area contributed by atoms with Crippen molar-refractivity contribution in [1.29, 1.82) is 0 Å². The zero-order valence-electron chi connectivity index (χ0n) is 18.8. The molecule has 1 aromatic heterocycles. The first kappa shape index (κ1) is 20.6. The van der Waals surface area contributed by atoms with Gasteiger partial charge in [-0.2, -0.15) is 0 Å². The number of imidazole rings is 1. The third-order valence-electron chi connectivity index (χ3n) is 7.32. The fraction of sp³-hybridized carbons (Fsp3) is 0.727. The van der Waals surface area contributed by atoms with Crippen LogP contribution in [-0.4, -0.2) is 83.0 Å². The van der Waals surface area contributed by atoms with Crippen molar-refractivity contribution < 1.29 is 18.9 Å². The smallest absolute Gasteiger partial charge is 0.375 e. The molecule has 0 aliphatic carbocycles. The van der Waals surface area contributed by atoms with Gasteiger partial charge in [0, 0.05) is 26.7 Å². The number of amidine groups is 1. The Morgan fingerprint density at radius 2 is 1.87 bits per heavy atom. The molecule has 9 heteroatoms. The number of likely N-dealkylation sites (tertiary alicyclic amines) is 1. The average molecular weight is 430 g/mol. The van der Waals surface area contributed by atoms with Crippen LogP contribution in [0.5, 0.6) is 0 Å². The lowest BCUT2D eigenvalue weighted by atomic mass is 10.1. The van der Waals surface area contributed by atoms with Crippen molar-refractivity contribution in [3.8, 4) is 0 Å². The molecule has 0 N–H and O–H groups in total. The van der Waals surface area contributed by atoms with E-state index in [1.807, 2.05) is 11.5 Å². The van der Waals surface area contributed by atoms with E-state index in [9.17, 15) is 9.59 Å². The minimum Gasteiger partial charge on any atom is -0.375 e. The van der Waals surface area contributed by atoms with Crippen LogP contribution in [0.25, 0.3) is 0 Å². The molecule has 3 amide bonds. The Balaban J connectivity index is 1.42. The van der Waals surface area contributed by atoms with Crippen molar-refractivity contribution in [2.75, 3.05) is 39.8 Å². The molecule has 0 aromatic carbocycles. The summed E-state index contributed by atoms with van der Waals surface area (Å²) < 4.78 is 10.0. The van der Waals surface area contributed by atoms with Crippen LogP contribution in [0, 0.1) is 13.8 Å². The normalized spacial score (nSPS) is 26.5. The predicted octanol–water partition coefficient (Wildman–Crippen LogP) is 1.54. The van der Waals surface area contributed by atoms with Gasteiger partial charge in [0.1, 0.15) is 11.4 Å². The zero-order valence-corrected chi connectivity index (χ0v) is 18.8. The van der Waals surface area contributed by atoms with Crippen molar-refractivity contribution in [3.05, 3.63) is 11.4 Å². The van der Waals surface area contributed by atoms with E-state index in [0.717, 1.165) is 63.0 Å². The van der Waals surface area contributed by atoms with E-state index in [4.69, 9.17) is 9.73 Å². The Hall–Kier alpha value is -2.26. The van der Waals surface area contributed by atoms with Gasteiger partial charge in [-0.25, -0.2) is 13.9 Å². The van der Waals surface area contributed by atoms with Gasteiger partial charge < -0.3 is 9.64 Å². The number of fused-ring (bicyclic) bond motifs is 3. The number of hydrogen-bond acceptors (Lipinski definition) is 5. The van der Waals surface area contributed by atoms with E-state index in [2.05, 4.69) is 16.4 Å². The largest absolute Gasteiger partial charge is 0.402 e. The quantitative estimate of drug-likeness (QED) is 0.666. The maximum absolute atomic E-state index is 13.5. The Morgan fingerprint density at radius 1 is 1.10 bits per heavy atom. The van der Waals surface area contributed by atoms with Crippen LogP contribution in [0.3, 0.4) is 0 Å². The number of imide groups is 1. The Labute approximate surface area is 183 Å².